The Morgan fingerprint density at radius 1 is 1.12 bits per heavy atom. The SMILES string of the molecule is CCNC(=NCc1cccc(OC)c1)NCCN1CCN(CC)CC1. The van der Waals surface area contributed by atoms with E-state index in [1.54, 1.807) is 7.11 Å². The Hall–Kier alpha value is -1.79. The monoisotopic (exact) mass is 347 g/mol. The second kappa shape index (κ2) is 10.9. The lowest BCUT2D eigenvalue weighted by Crippen LogP contribution is -2.49. The van der Waals surface area contributed by atoms with Gasteiger partial charge >= 0.3 is 0 Å². The number of guanidine groups is 1. The van der Waals surface area contributed by atoms with E-state index in [2.05, 4.69) is 45.3 Å². The predicted octanol–water partition coefficient (Wildman–Crippen LogP) is 1.39. The van der Waals surface area contributed by atoms with E-state index in [-0.39, 0.29) is 0 Å². The van der Waals surface area contributed by atoms with Crippen LogP contribution in [0.5, 0.6) is 5.75 Å². The van der Waals surface area contributed by atoms with Gasteiger partial charge in [-0.25, -0.2) is 4.99 Å². The van der Waals surface area contributed by atoms with Gasteiger partial charge in [-0.05, 0) is 31.2 Å². The van der Waals surface area contributed by atoms with Crippen molar-refractivity contribution in [3.05, 3.63) is 29.8 Å². The molecule has 0 amide bonds. The van der Waals surface area contributed by atoms with Gasteiger partial charge in [0.2, 0.25) is 0 Å². The van der Waals surface area contributed by atoms with E-state index in [1.165, 1.54) is 13.1 Å². The van der Waals surface area contributed by atoms with E-state index < -0.39 is 0 Å². The fraction of sp³-hybridized carbons (Fsp3) is 0.632. The number of aliphatic imine (C=N–C) groups is 1. The second-order valence-electron chi connectivity index (χ2n) is 6.25. The maximum Gasteiger partial charge on any atom is 0.191 e. The number of rotatable bonds is 8. The molecule has 2 rings (SSSR count). The Labute approximate surface area is 152 Å². The molecule has 2 N–H and O–H groups in total. The van der Waals surface area contributed by atoms with E-state index in [0.717, 1.165) is 56.5 Å². The zero-order valence-corrected chi connectivity index (χ0v) is 15.9. The number of hydrogen-bond donors (Lipinski definition) is 2. The first kappa shape index (κ1) is 19.5. The van der Waals surface area contributed by atoms with E-state index >= 15 is 0 Å². The number of likely N-dealkylation sites (N-methyl/N-ethyl adjacent to an activating group) is 1. The molecule has 0 aliphatic carbocycles. The van der Waals surface area contributed by atoms with Crippen molar-refractivity contribution in [3.63, 3.8) is 0 Å². The fourth-order valence-electron chi connectivity index (χ4n) is 2.94. The standard InChI is InChI=1S/C19H33N5O/c1-4-20-19(22-16-17-7-6-8-18(15-17)25-3)21-9-10-24-13-11-23(5-2)12-14-24/h6-8,15H,4-5,9-14,16H2,1-3H3,(H2,20,21,22). The van der Waals surface area contributed by atoms with Crippen molar-refractivity contribution >= 4 is 5.96 Å². The summed E-state index contributed by atoms with van der Waals surface area (Å²) in [6.07, 6.45) is 0. The van der Waals surface area contributed by atoms with Crippen LogP contribution in [0.3, 0.4) is 0 Å². The summed E-state index contributed by atoms with van der Waals surface area (Å²) in [7, 11) is 1.69. The molecule has 0 spiro atoms. The lowest BCUT2D eigenvalue weighted by atomic mass is 10.2. The summed E-state index contributed by atoms with van der Waals surface area (Å²) in [5.41, 5.74) is 1.15. The smallest absolute Gasteiger partial charge is 0.191 e. The molecule has 1 aliphatic heterocycles. The normalized spacial score (nSPS) is 16.7. The molecular weight excluding hydrogens is 314 g/mol. The highest BCUT2D eigenvalue weighted by molar-refractivity contribution is 5.79. The fourth-order valence-corrected chi connectivity index (χ4v) is 2.94. The Morgan fingerprint density at radius 3 is 2.56 bits per heavy atom. The number of nitrogens with zero attached hydrogens (tertiary/aromatic N) is 3. The van der Waals surface area contributed by atoms with Crippen LogP contribution in [-0.2, 0) is 6.54 Å². The molecule has 1 aromatic carbocycles. The largest absolute Gasteiger partial charge is 0.497 e. The minimum atomic E-state index is 0.641. The predicted molar refractivity (Wildman–Crippen MR) is 104 cm³/mol. The van der Waals surface area contributed by atoms with E-state index in [9.17, 15) is 0 Å². The number of benzene rings is 1. The van der Waals surface area contributed by atoms with Gasteiger partial charge in [0.1, 0.15) is 5.75 Å². The van der Waals surface area contributed by atoms with Gasteiger partial charge in [-0.3, -0.25) is 4.90 Å². The third kappa shape index (κ3) is 6.92. The van der Waals surface area contributed by atoms with E-state index in [0.29, 0.717) is 6.54 Å². The van der Waals surface area contributed by atoms with Crippen LogP contribution in [0.15, 0.2) is 29.3 Å². The minimum absolute atomic E-state index is 0.641. The van der Waals surface area contributed by atoms with Gasteiger partial charge in [0, 0.05) is 45.8 Å². The number of hydrogen-bond acceptors (Lipinski definition) is 4. The third-order valence-electron chi connectivity index (χ3n) is 4.53. The molecule has 1 aliphatic rings. The molecule has 6 nitrogen and oxygen atoms in total. The number of nitrogens with one attached hydrogen (secondary N) is 2. The molecule has 1 saturated heterocycles. The maximum atomic E-state index is 5.27. The first-order valence-corrected chi connectivity index (χ1v) is 9.35. The lowest BCUT2D eigenvalue weighted by molar-refractivity contribution is 0.139. The van der Waals surface area contributed by atoms with Gasteiger partial charge in [0.15, 0.2) is 5.96 Å². The minimum Gasteiger partial charge on any atom is -0.497 e. The van der Waals surface area contributed by atoms with Crippen LogP contribution in [0.25, 0.3) is 0 Å². The molecule has 6 heteroatoms. The Balaban J connectivity index is 1.77. The molecule has 0 bridgehead atoms. The molecule has 140 valence electrons. The summed E-state index contributed by atoms with van der Waals surface area (Å²) in [5.74, 6) is 1.74. The first-order chi connectivity index (χ1) is 12.2. The van der Waals surface area contributed by atoms with Crippen molar-refractivity contribution in [1.82, 2.24) is 20.4 Å². The Kier molecular flexibility index (Phi) is 8.55. The Bertz CT molecular complexity index is 526. The van der Waals surface area contributed by atoms with Gasteiger partial charge in [0.25, 0.3) is 0 Å². The van der Waals surface area contributed by atoms with Gasteiger partial charge in [-0.2, -0.15) is 0 Å². The zero-order valence-electron chi connectivity index (χ0n) is 15.9. The summed E-state index contributed by atoms with van der Waals surface area (Å²) in [4.78, 5) is 9.70. The van der Waals surface area contributed by atoms with Crippen molar-refractivity contribution in [2.24, 2.45) is 4.99 Å². The van der Waals surface area contributed by atoms with Crippen LogP contribution in [0.1, 0.15) is 19.4 Å². The zero-order chi connectivity index (χ0) is 17.9. The number of piperazine rings is 1. The molecular formula is C19H33N5O. The van der Waals surface area contributed by atoms with Gasteiger partial charge in [0.05, 0.1) is 13.7 Å². The van der Waals surface area contributed by atoms with Crippen LogP contribution in [-0.4, -0.2) is 75.2 Å². The third-order valence-corrected chi connectivity index (χ3v) is 4.53. The highest BCUT2D eigenvalue weighted by atomic mass is 16.5. The second-order valence-corrected chi connectivity index (χ2v) is 6.25. The van der Waals surface area contributed by atoms with Crippen LogP contribution in [0.2, 0.25) is 0 Å². The highest BCUT2D eigenvalue weighted by Crippen LogP contribution is 2.13. The first-order valence-electron chi connectivity index (χ1n) is 9.35. The van der Waals surface area contributed by atoms with Crippen molar-refractivity contribution in [3.8, 4) is 5.75 Å². The van der Waals surface area contributed by atoms with Crippen LogP contribution >= 0.6 is 0 Å². The summed E-state index contributed by atoms with van der Waals surface area (Å²) < 4.78 is 5.27. The van der Waals surface area contributed by atoms with Gasteiger partial charge in [-0.15, -0.1) is 0 Å². The molecule has 1 fully saturated rings. The van der Waals surface area contributed by atoms with Crippen LogP contribution in [0.4, 0.5) is 0 Å². The molecule has 0 atom stereocenters. The van der Waals surface area contributed by atoms with E-state index in [1.807, 2.05) is 18.2 Å². The van der Waals surface area contributed by atoms with Crippen molar-refractivity contribution in [1.29, 1.82) is 0 Å². The summed E-state index contributed by atoms with van der Waals surface area (Å²) in [6, 6.07) is 8.05. The average Bonchev–Trinajstić information content (AvgIpc) is 2.66. The van der Waals surface area contributed by atoms with E-state index in [4.69, 9.17) is 4.74 Å². The van der Waals surface area contributed by atoms with Crippen molar-refractivity contribution < 1.29 is 4.74 Å². The molecule has 1 aromatic rings. The quantitative estimate of drug-likeness (QED) is 0.550. The van der Waals surface area contributed by atoms with Gasteiger partial charge in [-0.1, -0.05) is 19.1 Å². The summed E-state index contributed by atoms with van der Waals surface area (Å²) in [6.45, 7) is 13.6. The molecule has 0 saturated carbocycles. The lowest BCUT2D eigenvalue weighted by Gasteiger charge is -2.34. The Morgan fingerprint density at radius 2 is 1.88 bits per heavy atom. The van der Waals surface area contributed by atoms with Crippen LogP contribution in [0, 0.1) is 0 Å². The number of methoxy groups -OCH3 is 1. The highest BCUT2D eigenvalue weighted by Gasteiger charge is 2.14. The average molecular weight is 348 g/mol. The maximum absolute atomic E-state index is 5.27. The molecule has 25 heavy (non-hydrogen) atoms. The van der Waals surface area contributed by atoms with Gasteiger partial charge < -0.3 is 20.3 Å². The van der Waals surface area contributed by atoms with Crippen molar-refractivity contribution in [2.45, 2.75) is 20.4 Å². The molecule has 0 aromatic heterocycles. The topological polar surface area (TPSA) is 52.1 Å². The summed E-state index contributed by atoms with van der Waals surface area (Å²) in [5, 5.41) is 6.76. The van der Waals surface area contributed by atoms with Crippen molar-refractivity contribution in [2.75, 3.05) is 59.5 Å². The van der Waals surface area contributed by atoms with Crippen LogP contribution < -0.4 is 15.4 Å². The molecule has 0 radical (unpaired) electrons. The molecule has 1 heterocycles. The summed E-state index contributed by atoms with van der Waals surface area (Å²) >= 11 is 0. The number of ether oxygens (including phenoxy) is 1. The molecule has 0 unspecified atom stereocenters.